The molecule has 7 nitrogen and oxygen atoms in total. The lowest BCUT2D eigenvalue weighted by Crippen LogP contribution is -2.37. The molecule has 8 heteroatoms. The largest absolute Gasteiger partial charge is 0.493 e. The SMILES string of the molecule is COc1cc([C@H]2[C@H]3C(=O)N(c4ccc(Br)cc4)C(=O)[C@H]3ON2c2ccccc2)ccc1OCc1ccccc1. The maximum absolute atomic E-state index is 13.9. The number of anilines is 2. The highest BCUT2D eigenvalue weighted by molar-refractivity contribution is 9.10. The van der Waals surface area contributed by atoms with E-state index in [0.29, 0.717) is 23.8 Å². The first-order valence-electron chi connectivity index (χ1n) is 12.5. The molecule has 4 aromatic rings. The van der Waals surface area contributed by atoms with Gasteiger partial charge in [0, 0.05) is 4.47 Å². The molecule has 2 fully saturated rings. The second-order valence-electron chi connectivity index (χ2n) is 9.33. The zero-order chi connectivity index (χ0) is 26.9. The molecule has 2 amide bonds. The number of benzene rings is 4. The van der Waals surface area contributed by atoms with Crippen LogP contribution < -0.4 is 19.4 Å². The summed E-state index contributed by atoms with van der Waals surface area (Å²) in [4.78, 5) is 34.9. The molecule has 0 bridgehead atoms. The van der Waals surface area contributed by atoms with Gasteiger partial charge in [0.25, 0.3) is 5.91 Å². The zero-order valence-electron chi connectivity index (χ0n) is 21.1. The molecule has 0 spiro atoms. The molecule has 2 aliphatic rings. The molecule has 0 radical (unpaired) electrons. The van der Waals surface area contributed by atoms with Crippen molar-refractivity contribution in [2.75, 3.05) is 17.1 Å². The van der Waals surface area contributed by atoms with Crippen LogP contribution in [0.3, 0.4) is 0 Å². The number of imide groups is 1. The number of methoxy groups -OCH3 is 1. The van der Waals surface area contributed by atoms with Gasteiger partial charge in [-0.2, -0.15) is 0 Å². The number of hydrogen-bond donors (Lipinski definition) is 0. The van der Waals surface area contributed by atoms with Crippen molar-refractivity contribution in [3.63, 3.8) is 0 Å². The molecule has 2 heterocycles. The van der Waals surface area contributed by atoms with Crippen LogP contribution in [0.15, 0.2) is 108 Å². The summed E-state index contributed by atoms with van der Waals surface area (Å²) in [5.74, 6) is -0.328. The van der Waals surface area contributed by atoms with Crippen LogP contribution in [0, 0.1) is 5.92 Å². The van der Waals surface area contributed by atoms with Crippen molar-refractivity contribution in [3.05, 3.63) is 119 Å². The van der Waals surface area contributed by atoms with E-state index in [2.05, 4.69) is 15.9 Å². The third kappa shape index (κ3) is 4.66. The fourth-order valence-electron chi connectivity index (χ4n) is 5.12. The lowest BCUT2D eigenvalue weighted by atomic mass is 9.90. The highest BCUT2D eigenvalue weighted by atomic mass is 79.9. The number of hydrogen-bond acceptors (Lipinski definition) is 6. The first-order valence-corrected chi connectivity index (χ1v) is 13.3. The first-order chi connectivity index (χ1) is 19.0. The maximum Gasteiger partial charge on any atom is 0.266 e. The van der Waals surface area contributed by atoms with Gasteiger partial charge < -0.3 is 9.47 Å². The Balaban J connectivity index is 1.36. The Hall–Kier alpha value is -4.14. The van der Waals surface area contributed by atoms with Crippen molar-refractivity contribution in [2.24, 2.45) is 5.92 Å². The maximum atomic E-state index is 13.9. The number of para-hydroxylation sites is 1. The van der Waals surface area contributed by atoms with Crippen molar-refractivity contribution in [3.8, 4) is 11.5 Å². The van der Waals surface area contributed by atoms with Gasteiger partial charge in [0.2, 0.25) is 5.91 Å². The fraction of sp³-hybridized carbons (Fsp3) is 0.161. The highest BCUT2D eigenvalue weighted by Gasteiger charge is 2.60. The third-order valence-corrected chi connectivity index (χ3v) is 7.51. The number of carbonyl (C=O) groups is 2. The second kappa shape index (κ2) is 10.6. The minimum Gasteiger partial charge on any atom is -0.493 e. The summed E-state index contributed by atoms with van der Waals surface area (Å²) in [5.41, 5.74) is 3.07. The lowest BCUT2D eigenvalue weighted by Gasteiger charge is -2.29. The Morgan fingerprint density at radius 2 is 1.49 bits per heavy atom. The normalized spacial score (nSPS) is 20.3. The molecule has 0 aliphatic carbocycles. The highest BCUT2D eigenvalue weighted by Crippen LogP contribution is 2.48. The van der Waals surface area contributed by atoms with Crippen molar-refractivity contribution in [1.29, 1.82) is 0 Å². The number of rotatable bonds is 7. The number of amides is 2. The number of hydroxylamine groups is 1. The Labute approximate surface area is 234 Å². The van der Waals surface area contributed by atoms with E-state index < -0.39 is 18.1 Å². The summed E-state index contributed by atoms with van der Waals surface area (Å²) in [6, 6.07) is 31.5. The third-order valence-electron chi connectivity index (χ3n) is 6.98. The molecule has 0 unspecified atom stereocenters. The van der Waals surface area contributed by atoms with Crippen LogP contribution in [-0.2, 0) is 21.0 Å². The van der Waals surface area contributed by atoms with Crippen molar-refractivity contribution in [2.45, 2.75) is 18.8 Å². The van der Waals surface area contributed by atoms with E-state index >= 15 is 0 Å². The molecule has 4 aromatic carbocycles. The van der Waals surface area contributed by atoms with Gasteiger partial charge in [0.15, 0.2) is 17.6 Å². The molecule has 6 rings (SSSR count). The van der Waals surface area contributed by atoms with Gasteiger partial charge in [-0.1, -0.05) is 70.5 Å². The molecule has 196 valence electrons. The smallest absolute Gasteiger partial charge is 0.266 e. The van der Waals surface area contributed by atoms with Crippen molar-refractivity contribution < 1.29 is 23.9 Å². The predicted octanol–water partition coefficient (Wildman–Crippen LogP) is 6.09. The standard InChI is InChI=1S/C31H25BrN2O5/c1-37-26-18-21(12-17-25(26)38-19-20-8-4-2-5-9-20)28-27-29(39-34(28)24-10-6-3-7-11-24)31(36)33(30(27)35)23-15-13-22(32)14-16-23/h2-18,27-29H,19H2,1H3/t27-,28+,29+/m1/s1. The van der Waals surface area contributed by atoms with E-state index in [-0.39, 0.29) is 11.8 Å². The van der Waals surface area contributed by atoms with Gasteiger partial charge in [-0.05, 0) is 59.7 Å². The minimum atomic E-state index is -0.952. The summed E-state index contributed by atoms with van der Waals surface area (Å²) in [7, 11) is 1.58. The molecule has 0 saturated carbocycles. The quantitative estimate of drug-likeness (QED) is 0.245. The Kier molecular flexibility index (Phi) is 6.81. The monoisotopic (exact) mass is 584 g/mol. The van der Waals surface area contributed by atoms with Gasteiger partial charge in [-0.15, -0.1) is 0 Å². The number of carbonyl (C=O) groups excluding carboxylic acids is 2. The minimum absolute atomic E-state index is 0.306. The zero-order valence-corrected chi connectivity index (χ0v) is 22.7. The van der Waals surface area contributed by atoms with Crippen LogP contribution in [0.1, 0.15) is 17.2 Å². The van der Waals surface area contributed by atoms with Crippen LogP contribution in [-0.4, -0.2) is 25.0 Å². The van der Waals surface area contributed by atoms with E-state index in [1.54, 1.807) is 36.4 Å². The van der Waals surface area contributed by atoms with Crippen LogP contribution in [0.2, 0.25) is 0 Å². The molecule has 2 aliphatic heterocycles. The summed E-state index contributed by atoms with van der Waals surface area (Å²) in [5, 5.41) is 1.67. The lowest BCUT2D eigenvalue weighted by molar-refractivity contribution is -0.126. The average Bonchev–Trinajstić information content (AvgIpc) is 3.49. The van der Waals surface area contributed by atoms with E-state index in [1.165, 1.54) is 4.90 Å². The van der Waals surface area contributed by atoms with Crippen molar-refractivity contribution in [1.82, 2.24) is 0 Å². The number of nitrogens with zero attached hydrogens (tertiary/aromatic N) is 2. The summed E-state index contributed by atoms with van der Waals surface area (Å²) >= 11 is 3.41. The molecule has 0 N–H and O–H groups in total. The van der Waals surface area contributed by atoms with Gasteiger partial charge in [-0.25, -0.2) is 9.96 Å². The first kappa shape index (κ1) is 25.2. The molecule has 39 heavy (non-hydrogen) atoms. The topological polar surface area (TPSA) is 68.3 Å². The number of halogens is 1. The van der Waals surface area contributed by atoms with E-state index in [1.807, 2.05) is 78.9 Å². The van der Waals surface area contributed by atoms with Gasteiger partial charge in [-0.3, -0.25) is 14.4 Å². The van der Waals surface area contributed by atoms with Gasteiger partial charge in [0.1, 0.15) is 12.5 Å². The van der Waals surface area contributed by atoms with Crippen LogP contribution in [0.25, 0.3) is 0 Å². The van der Waals surface area contributed by atoms with E-state index in [0.717, 1.165) is 21.3 Å². The van der Waals surface area contributed by atoms with E-state index in [4.69, 9.17) is 14.3 Å². The summed E-state index contributed by atoms with van der Waals surface area (Å²) in [6.07, 6.45) is -0.952. The van der Waals surface area contributed by atoms with Crippen LogP contribution >= 0.6 is 15.9 Å². The molecule has 0 aromatic heterocycles. The summed E-state index contributed by atoms with van der Waals surface area (Å²) in [6.45, 7) is 0.388. The Morgan fingerprint density at radius 1 is 0.795 bits per heavy atom. The molecular formula is C31H25BrN2O5. The van der Waals surface area contributed by atoms with Gasteiger partial charge >= 0.3 is 0 Å². The Morgan fingerprint density at radius 3 is 2.18 bits per heavy atom. The predicted molar refractivity (Wildman–Crippen MR) is 150 cm³/mol. The Bertz CT molecular complexity index is 1500. The average molecular weight is 585 g/mol. The van der Waals surface area contributed by atoms with Gasteiger partial charge in [0.05, 0.1) is 24.5 Å². The number of fused-ring (bicyclic) bond motifs is 1. The molecule has 2 saturated heterocycles. The second-order valence-corrected chi connectivity index (χ2v) is 10.2. The summed E-state index contributed by atoms with van der Waals surface area (Å²) < 4.78 is 12.6. The van der Waals surface area contributed by atoms with Crippen LogP contribution in [0.4, 0.5) is 11.4 Å². The fourth-order valence-corrected chi connectivity index (χ4v) is 5.38. The van der Waals surface area contributed by atoms with E-state index in [9.17, 15) is 9.59 Å². The number of ether oxygens (including phenoxy) is 2. The van der Waals surface area contributed by atoms with Crippen LogP contribution in [0.5, 0.6) is 11.5 Å². The molecule has 3 atom stereocenters. The van der Waals surface area contributed by atoms with Crippen molar-refractivity contribution >= 4 is 39.1 Å². The molecular weight excluding hydrogens is 560 g/mol.